The van der Waals surface area contributed by atoms with Crippen molar-refractivity contribution in [2.75, 3.05) is 11.1 Å². The van der Waals surface area contributed by atoms with Crippen LogP contribution in [0.4, 0.5) is 11.5 Å². The van der Waals surface area contributed by atoms with Crippen molar-refractivity contribution in [3.63, 3.8) is 0 Å². The number of nitrogens with two attached hydrogens (primary N) is 1. The summed E-state index contributed by atoms with van der Waals surface area (Å²) < 4.78 is 0.685. The molecule has 0 spiro atoms. The van der Waals surface area contributed by atoms with Crippen LogP contribution in [0.3, 0.4) is 0 Å². The van der Waals surface area contributed by atoms with Crippen molar-refractivity contribution in [1.82, 2.24) is 15.2 Å². The number of hydrogen-bond acceptors (Lipinski definition) is 5. The molecule has 0 saturated carbocycles. The molecule has 86 valence electrons. The number of aromatic nitrogens is 3. The van der Waals surface area contributed by atoms with Gasteiger partial charge in [0.25, 0.3) is 5.91 Å². The van der Waals surface area contributed by atoms with Gasteiger partial charge in [0.15, 0.2) is 0 Å². The predicted molar refractivity (Wildman–Crippen MR) is 66.3 cm³/mol. The predicted octanol–water partition coefficient (Wildman–Crippen LogP) is 1.47. The maximum absolute atomic E-state index is 11.9. The fraction of sp³-hybridized carbons (Fsp3) is 0. The van der Waals surface area contributed by atoms with Crippen LogP contribution >= 0.6 is 15.9 Å². The number of nitrogen functional groups attached to an aromatic ring is 1. The molecule has 0 atom stereocenters. The maximum atomic E-state index is 11.9. The van der Waals surface area contributed by atoms with E-state index in [1.54, 1.807) is 12.1 Å². The molecule has 0 radical (unpaired) electrons. The fourth-order valence-electron chi connectivity index (χ4n) is 1.19. The van der Waals surface area contributed by atoms with E-state index in [0.29, 0.717) is 15.7 Å². The first-order valence-corrected chi connectivity index (χ1v) is 5.45. The van der Waals surface area contributed by atoms with Crippen molar-refractivity contribution in [3.8, 4) is 0 Å². The standard InChI is InChI=1S/C10H8BrN5O/c11-6-3-8(9(12)13-4-6)10(17)16-7-1-2-14-15-5-7/h1-5H,(H2,12,13)(H,14,16,17). The van der Waals surface area contributed by atoms with E-state index in [1.807, 2.05) is 0 Å². The minimum Gasteiger partial charge on any atom is -0.383 e. The summed E-state index contributed by atoms with van der Waals surface area (Å²) in [5.74, 6) is -0.169. The SMILES string of the molecule is Nc1ncc(Br)cc1C(=O)Nc1ccnnc1. The van der Waals surface area contributed by atoms with Crippen LogP contribution in [-0.4, -0.2) is 21.1 Å². The molecule has 2 aromatic rings. The van der Waals surface area contributed by atoms with Gasteiger partial charge in [-0.2, -0.15) is 10.2 Å². The van der Waals surface area contributed by atoms with E-state index in [1.165, 1.54) is 18.6 Å². The number of amides is 1. The first-order chi connectivity index (χ1) is 8.16. The zero-order chi connectivity index (χ0) is 12.3. The van der Waals surface area contributed by atoms with Gasteiger partial charge in [0.05, 0.1) is 23.6 Å². The van der Waals surface area contributed by atoms with Crippen molar-refractivity contribution in [2.45, 2.75) is 0 Å². The Labute approximate surface area is 105 Å². The van der Waals surface area contributed by atoms with Crippen LogP contribution in [0, 0.1) is 0 Å². The van der Waals surface area contributed by atoms with Gasteiger partial charge in [-0.05, 0) is 28.1 Å². The van der Waals surface area contributed by atoms with Crippen molar-refractivity contribution >= 4 is 33.3 Å². The Morgan fingerprint density at radius 2 is 2.18 bits per heavy atom. The van der Waals surface area contributed by atoms with Crippen LogP contribution in [0.1, 0.15) is 10.4 Å². The second-order valence-corrected chi connectivity index (χ2v) is 4.09. The fourth-order valence-corrected chi connectivity index (χ4v) is 1.53. The molecule has 0 bridgehead atoms. The van der Waals surface area contributed by atoms with Gasteiger partial charge >= 0.3 is 0 Å². The van der Waals surface area contributed by atoms with Gasteiger partial charge in [-0.25, -0.2) is 4.98 Å². The number of anilines is 2. The van der Waals surface area contributed by atoms with E-state index in [4.69, 9.17) is 5.73 Å². The normalized spacial score (nSPS) is 9.94. The minimum absolute atomic E-state index is 0.174. The molecule has 0 aliphatic rings. The van der Waals surface area contributed by atoms with Crippen LogP contribution in [0.5, 0.6) is 0 Å². The summed E-state index contributed by atoms with van der Waals surface area (Å²) >= 11 is 3.23. The molecular formula is C10H8BrN5O. The summed E-state index contributed by atoms with van der Waals surface area (Å²) in [5, 5.41) is 9.91. The topological polar surface area (TPSA) is 93.8 Å². The molecule has 2 aromatic heterocycles. The van der Waals surface area contributed by atoms with E-state index in [0.717, 1.165) is 0 Å². The second-order valence-electron chi connectivity index (χ2n) is 3.17. The Balaban J connectivity index is 2.23. The number of carbonyl (C=O) groups is 1. The average molecular weight is 294 g/mol. The van der Waals surface area contributed by atoms with Gasteiger partial charge < -0.3 is 11.1 Å². The van der Waals surface area contributed by atoms with E-state index in [2.05, 4.69) is 36.4 Å². The summed E-state index contributed by atoms with van der Waals surface area (Å²) in [7, 11) is 0. The Kier molecular flexibility index (Phi) is 3.29. The molecule has 0 saturated heterocycles. The number of halogens is 1. The first-order valence-electron chi connectivity index (χ1n) is 4.66. The lowest BCUT2D eigenvalue weighted by molar-refractivity contribution is 0.102. The third-order valence-corrected chi connectivity index (χ3v) is 2.41. The van der Waals surface area contributed by atoms with Crippen LogP contribution in [0.15, 0.2) is 35.2 Å². The zero-order valence-electron chi connectivity index (χ0n) is 8.59. The molecule has 17 heavy (non-hydrogen) atoms. The summed E-state index contributed by atoms with van der Waals surface area (Å²) in [6, 6.07) is 3.23. The van der Waals surface area contributed by atoms with Crippen molar-refractivity contribution in [3.05, 3.63) is 40.8 Å². The molecule has 6 nitrogen and oxygen atoms in total. The third-order valence-electron chi connectivity index (χ3n) is 1.97. The Morgan fingerprint density at radius 1 is 1.35 bits per heavy atom. The number of rotatable bonds is 2. The molecule has 0 aromatic carbocycles. The summed E-state index contributed by atoms with van der Waals surface area (Å²) in [6.45, 7) is 0. The van der Waals surface area contributed by atoms with Gasteiger partial charge in [-0.1, -0.05) is 0 Å². The van der Waals surface area contributed by atoms with Crippen LogP contribution in [0.25, 0.3) is 0 Å². The third kappa shape index (κ3) is 2.76. The van der Waals surface area contributed by atoms with Crippen LogP contribution in [-0.2, 0) is 0 Å². The highest BCUT2D eigenvalue weighted by atomic mass is 79.9. The molecule has 0 fully saturated rings. The van der Waals surface area contributed by atoms with Crippen molar-refractivity contribution < 1.29 is 4.79 Å². The molecule has 2 heterocycles. The van der Waals surface area contributed by atoms with E-state index in [-0.39, 0.29) is 11.7 Å². The van der Waals surface area contributed by atoms with Crippen molar-refractivity contribution in [1.29, 1.82) is 0 Å². The monoisotopic (exact) mass is 293 g/mol. The average Bonchev–Trinajstić information content (AvgIpc) is 2.33. The molecule has 0 unspecified atom stereocenters. The zero-order valence-corrected chi connectivity index (χ0v) is 10.2. The Hall–Kier alpha value is -2.02. The highest BCUT2D eigenvalue weighted by Crippen LogP contribution is 2.16. The lowest BCUT2D eigenvalue weighted by atomic mass is 10.2. The molecule has 7 heteroatoms. The molecule has 0 aliphatic heterocycles. The number of nitrogens with zero attached hydrogens (tertiary/aromatic N) is 3. The smallest absolute Gasteiger partial charge is 0.259 e. The van der Waals surface area contributed by atoms with Gasteiger partial charge in [0.2, 0.25) is 0 Å². The lowest BCUT2D eigenvalue weighted by Gasteiger charge is -2.06. The molecular weight excluding hydrogens is 286 g/mol. The van der Waals surface area contributed by atoms with Gasteiger partial charge in [0.1, 0.15) is 5.82 Å². The van der Waals surface area contributed by atoms with Gasteiger partial charge in [-0.3, -0.25) is 4.79 Å². The van der Waals surface area contributed by atoms with Gasteiger partial charge in [-0.15, -0.1) is 0 Å². The highest BCUT2D eigenvalue weighted by molar-refractivity contribution is 9.10. The quantitative estimate of drug-likeness (QED) is 0.874. The van der Waals surface area contributed by atoms with Crippen LogP contribution < -0.4 is 11.1 Å². The molecule has 1 amide bonds. The Morgan fingerprint density at radius 3 is 2.88 bits per heavy atom. The maximum Gasteiger partial charge on any atom is 0.259 e. The summed E-state index contributed by atoms with van der Waals surface area (Å²) in [4.78, 5) is 15.8. The number of carbonyl (C=O) groups excluding carboxylic acids is 1. The van der Waals surface area contributed by atoms with Gasteiger partial charge in [0, 0.05) is 10.7 Å². The van der Waals surface area contributed by atoms with E-state index < -0.39 is 0 Å². The lowest BCUT2D eigenvalue weighted by Crippen LogP contribution is -2.15. The number of nitrogens with one attached hydrogen (secondary N) is 1. The molecule has 2 rings (SSSR count). The number of pyridine rings is 1. The molecule has 0 aliphatic carbocycles. The number of hydrogen-bond donors (Lipinski definition) is 2. The second kappa shape index (κ2) is 4.88. The minimum atomic E-state index is -0.343. The molecule has 3 N–H and O–H groups in total. The van der Waals surface area contributed by atoms with Crippen LogP contribution in [0.2, 0.25) is 0 Å². The largest absolute Gasteiger partial charge is 0.383 e. The first kappa shape index (κ1) is 11.5. The Bertz CT molecular complexity index is 546. The van der Waals surface area contributed by atoms with E-state index >= 15 is 0 Å². The van der Waals surface area contributed by atoms with E-state index in [9.17, 15) is 4.79 Å². The summed E-state index contributed by atoms with van der Waals surface area (Å²) in [5.41, 5.74) is 6.47. The highest BCUT2D eigenvalue weighted by Gasteiger charge is 2.11. The van der Waals surface area contributed by atoms with Crippen molar-refractivity contribution in [2.24, 2.45) is 0 Å². The summed E-state index contributed by atoms with van der Waals surface area (Å²) in [6.07, 6.45) is 4.46.